The molecule has 3 nitrogen and oxygen atoms in total. The zero-order valence-electron chi connectivity index (χ0n) is 23.8. The topological polar surface area (TPSA) is 29.5 Å². The highest BCUT2D eigenvalue weighted by Gasteiger charge is 2.52. The number of carbonyl (C=O) groups is 1. The van der Waals surface area contributed by atoms with Gasteiger partial charge in [-0.25, -0.2) is 0 Å². The van der Waals surface area contributed by atoms with Crippen LogP contribution in [0.25, 0.3) is 0 Å². The summed E-state index contributed by atoms with van der Waals surface area (Å²) in [6.45, 7) is 17.6. The molecule has 1 amide bonds. The van der Waals surface area contributed by atoms with Gasteiger partial charge < -0.3 is 9.33 Å². The minimum atomic E-state index is -1.91. The molecule has 4 rings (SSSR count). The van der Waals surface area contributed by atoms with Crippen LogP contribution in [0, 0.1) is 5.41 Å². The summed E-state index contributed by atoms with van der Waals surface area (Å²) in [6.07, 6.45) is 6.25. The first-order valence-corrected chi connectivity index (χ1v) is 17.5. The Hall–Kier alpha value is -1.59. The summed E-state index contributed by atoms with van der Waals surface area (Å²) in [7, 11) is -1.91. The van der Waals surface area contributed by atoms with Crippen LogP contribution in [-0.2, 0) is 9.22 Å². The van der Waals surface area contributed by atoms with Gasteiger partial charge in [-0.15, -0.1) is 6.58 Å². The van der Waals surface area contributed by atoms with Crippen molar-refractivity contribution in [3.8, 4) is 0 Å². The van der Waals surface area contributed by atoms with Gasteiger partial charge in [0.15, 0.2) is 8.32 Å². The SMILES string of the molecule is C=CCC1(C)C[C@H](c2cccc(Cl)c2)[C@@H](c2ccc(Cl)cc2)N([C@H]2CC[C@H](O[Si](C)(C)C(C)(C)C)C2)C1=O. The molecule has 2 aromatic carbocycles. The monoisotopic (exact) mass is 571 g/mol. The normalized spacial score (nSPS) is 28.5. The highest BCUT2D eigenvalue weighted by atomic mass is 35.5. The van der Waals surface area contributed by atoms with Crippen LogP contribution in [-0.4, -0.2) is 31.3 Å². The summed E-state index contributed by atoms with van der Waals surface area (Å²) >= 11 is 12.8. The van der Waals surface area contributed by atoms with E-state index in [1.54, 1.807) is 0 Å². The van der Waals surface area contributed by atoms with Crippen molar-refractivity contribution in [1.82, 2.24) is 4.90 Å². The Kier molecular flexibility index (Phi) is 8.60. The fourth-order valence-electron chi connectivity index (χ4n) is 6.16. The number of amides is 1. The maximum atomic E-state index is 14.5. The molecule has 38 heavy (non-hydrogen) atoms. The van der Waals surface area contributed by atoms with E-state index in [0.29, 0.717) is 11.4 Å². The fraction of sp³-hybridized carbons (Fsp3) is 0.531. The number of hydrogen-bond donors (Lipinski definition) is 0. The molecule has 5 atom stereocenters. The van der Waals surface area contributed by atoms with Crippen molar-refractivity contribution >= 4 is 37.4 Å². The average Bonchev–Trinajstić information content (AvgIpc) is 3.28. The van der Waals surface area contributed by atoms with E-state index < -0.39 is 13.7 Å². The van der Waals surface area contributed by atoms with Gasteiger partial charge in [0.05, 0.1) is 11.5 Å². The van der Waals surface area contributed by atoms with Crippen LogP contribution in [0.15, 0.2) is 61.2 Å². The predicted molar refractivity (Wildman–Crippen MR) is 162 cm³/mol. The summed E-state index contributed by atoms with van der Waals surface area (Å²) in [5.41, 5.74) is 1.75. The lowest BCUT2D eigenvalue weighted by Crippen LogP contribution is -2.55. The lowest BCUT2D eigenvalue weighted by molar-refractivity contribution is -0.154. The Bertz CT molecular complexity index is 1160. The van der Waals surface area contributed by atoms with Crippen LogP contribution >= 0.6 is 23.2 Å². The van der Waals surface area contributed by atoms with Crippen molar-refractivity contribution in [2.24, 2.45) is 5.41 Å². The third-order valence-corrected chi connectivity index (χ3v) is 14.2. The Morgan fingerprint density at radius 2 is 1.76 bits per heavy atom. The molecule has 206 valence electrons. The summed E-state index contributed by atoms with van der Waals surface area (Å²) in [5, 5.41) is 1.56. The van der Waals surface area contributed by atoms with Crippen LogP contribution in [0.3, 0.4) is 0 Å². The Labute approximate surface area is 240 Å². The maximum Gasteiger partial charge on any atom is 0.229 e. The van der Waals surface area contributed by atoms with Gasteiger partial charge in [0.1, 0.15) is 0 Å². The number of rotatable bonds is 7. The van der Waals surface area contributed by atoms with Crippen molar-refractivity contribution in [3.63, 3.8) is 0 Å². The van der Waals surface area contributed by atoms with Crippen LogP contribution in [0.4, 0.5) is 0 Å². The van der Waals surface area contributed by atoms with Crippen molar-refractivity contribution < 1.29 is 9.22 Å². The first kappa shape index (κ1) is 29.4. The number of nitrogens with zero attached hydrogens (tertiary/aromatic N) is 1. The standard InChI is InChI=1S/C32H43Cl2NO2Si/c1-8-18-32(5)21-28(23-10-9-11-25(34)19-23)29(22-12-14-24(33)15-13-22)35(30(32)36)26-16-17-27(20-26)37-38(6,7)31(2,3)4/h8-15,19,26-29H,1,16-18,20-21H2,2-7H3/t26-,27-,28+,29+,32?/m0/s1. The number of benzene rings is 2. The number of likely N-dealkylation sites (tertiary alicyclic amines) is 1. The lowest BCUT2D eigenvalue weighted by Gasteiger charge is -2.51. The molecule has 0 N–H and O–H groups in total. The van der Waals surface area contributed by atoms with Crippen LogP contribution < -0.4 is 0 Å². The van der Waals surface area contributed by atoms with E-state index in [0.717, 1.165) is 41.8 Å². The van der Waals surface area contributed by atoms with Gasteiger partial charge in [0, 0.05) is 28.1 Å². The molecule has 2 aromatic rings. The average molecular weight is 573 g/mol. The second-order valence-electron chi connectivity index (χ2n) is 13.1. The van der Waals surface area contributed by atoms with E-state index in [-0.39, 0.29) is 35.1 Å². The number of hydrogen-bond acceptors (Lipinski definition) is 2. The molecule has 6 heteroatoms. The molecule has 0 radical (unpaired) electrons. The fourth-order valence-corrected chi connectivity index (χ4v) is 7.88. The van der Waals surface area contributed by atoms with E-state index in [2.05, 4.69) is 76.5 Å². The van der Waals surface area contributed by atoms with Gasteiger partial charge in [-0.1, -0.05) is 81.2 Å². The van der Waals surface area contributed by atoms with Crippen molar-refractivity contribution in [2.75, 3.05) is 0 Å². The quantitative estimate of drug-likeness (QED) is 0.244. The Balaban J connectivity index is 1.77. The Morgan fingerprint density at radius 1 is 1.08 bits per heavy atom. The van der Waals surface area contributed by atoms with Crippen molar-refractivity contribution in [1.29, 1.82) is 0 Å². The summed E-state index contributed by atoms with van der Waals surface area (Å²) in [4.78, 5) is 16.7. The molecule has 2 fully saturated rings. The van der Waals surface area contributed by atoms with Crippen LogP contribution in [0.1, 0.15) is 82.9 Å². The first-order chi connectivity index (χ1) is 17.8. The molecule has 1 aliphatic heterocycles. The molecule has 1 unspecified atom stereocenters. The van der Waals surface area contributed by atoms with Gasteiger partial charge in [-0.2, -0.15) is 0 Å². The second-order valence-corrected chi connectivity index (χ2v) is 18.7. The van der Waals surface area contributed by atoms with Gasteiger partial charge in [0.25, 0.3) is 0 Å². The number of carbonyl (C=O) groups excluding carboxylic acids is 1. The molecule has 0 bridgehead atoms. The summed E-state index contributed by atoms with van der Waals surface area (Å²) in [5.74, 6) is 0.312. The van der Waals surface area contributed by atoms with E-state index >= 15 is 0 Å². The number of allylic oxidation sites excluding steroid dienone is 1. The van der Waals surface area contributed by atoms with E-state index in [9.17, 15) is 4.79 Å². The van der Waals surface area contributed by atoms with Gasteiger partial charge in [-0.05, 0) is 85.6 Å². The molecule has 0 spiro atoms. The zero-order chi connectivity index (χ0) is 27.9. The smallest absolute Gasteiger partial charge is 0.229 e. The highest BCUT2D eigenvalue weighted by Crippen LogP contribution is 2.53. The van der Waals surface area contributed by atoms with Crippen LogP contribution in [0.5, 0.6) is 0 Å². The molecule has 1 heterocycles. The molecule has 1 saturated carbocycles. The van der Waals surface area contributed by atoms with Crippen molar-refractivity contribution in [2.45, 2.75) is 102 Å². The highest BCUT2D eigenvalue weighted by molar-refractivity contribution is 6.74. The molecule has 2 aliphatic rings. The molecule has 1 saturated heterocycles. The molecular weight excluding hydrogens is 529 g/mol. The second kappa shape index (κ2) is 11.1. The number of halogens is 2. The van der Waals surface area contributed by atoms with E-state index in [1.165, 1.54) is 0 Å². The van der Waals surface area contributed by atoms with E-state index in [1.807, 2.05) is 30.3 Å². The Morgan fingerprint density at radius 3 is 2.37 bits per heavy atom. The number of piperidine rings is 1. The largest absolute Gasteiger partial charge is 0.414 e. The zero-order valence-corrected chi connectivity index (χ0v) is 26.3. The van der Waals surface area contributed by atoms with E-state index in [4.69, 9.17) is 27.6 Å². The van der Waals surface area contributed by atoms with Gasteiger partial charge in [0.2, 0.25) is 5.91 Å². The van der Waals surface area contributed by atoms with Crippen LogP contribution in [0.2, 0.25) is 28.2 Å². The predicted octanol–water partition coefficient (Wildman–Crippen LogP) is 9.58. The summed E-state index contributed by atoms with van der Waals surface area (Å²) in [6, 6.07) is 16.2. The van der Waals surface area contributed by atoms with Gasteiger partial charge >= 0.3 is 0 Å². The molecule has 0 aromatic heterocycles. The third-order valence-electron chi connectivity index (χ3n) is 9.20. The molecular formula is C32H43Cl2NO2Si. The molecule has 1 aliphatic carbocycles. The maximum absolute atomic E-state index is 14.5. The van der Waals surface area contributed by atoms with Crippen molar-refractivity contribution in [3.05, 3.63) is 82.4 Å². The lowest BCUT2D eigenvalue weighted by atomic mass is 9.67. The van der Waals surface area contributed by atoms with Gasteiger partial charge in [-0.3, -0.25) is 4.79 Å². The minimum Gasteiger partial charge on any atom is -0.414 e. The first-order valence-electron chi connectivity index (χ1n) is 13.9. The summed E-state index contributed by atoms with van der Waals surface area (Å²) < 4.78 is 6.85. The minimum absolute atomic E-state index is 0.0953. The third kappa shape index (κ3) is 5.94.